The third kappa shape index (κ3) is 11.5. The summed E-state index contributed by atoms with van der Waals surface area (Å²) >= 11 is 9.17. The first-order valence-electron chi connectivity index (χ1n) is 21.7. The zero-order chi connectivity index (χ0) is 46.5. The lowest BCUT2D eigenvalue weighted by Crippen LogP contribution is -2.61. The molecule has 1 saturated carbocycles. The number of aliphatic hydroxyl groups is 1. The van der Waals surface area contributed by atoms with Gasteiger partial charge in [0.05, 0.1) is 41.2 Å². The van der Waals surface area contributed by atoms with E-state index in [2.05, 4.69) is 41.1 Å². The molecule has 4 heterocycles. The molecule has 2 aliphatic heterocycles. The van der Waals surface area contributed by atoms with Gasteiger partial charge in [0.2, 0.25) is 17.8 Å². The van der Waals surface area contributed by atoms with Crippen LogP contribution in [0.1, 0.15) is 61.1 Å². The lowest BCUT2D eigenvalue weighted by atomic mass is 10.00. The van der Waals surface area contributed by atoms with Gasteiger partial charge in [0.15, 0.2) is 5.67 Å². The summed E-state index contributed by atoms with van der Waals surface area (Å²) in [5, 5.41) is 22.8. The van der Waals surface area contributed by atoms with E-state index >= 15 is 4.39 Å². The van der Waals surface area contributed by atoms with Crippen molar-refractivity contribution in [3.8, 4) is 16.2 Å². The Morgan fingerprint density at radius 2 is 1.83 bits per heavy atom. The molecule has 2 aromatic heterocycles. The minimum atomic E-state index is -2.02. The first kappa shape index (κ1) is 47.9. The minimum Gasteiger partial charge on any atom is -0.495 e. The van der Waals surface area contributed by atoms with E-state index in [1.807, 2.05) is 49.9 Å². The van der Waals surface area contributed by atoms with Gasteiger partial charge in [-0.1, -0.05) is 35.9 Å². The Hall–Kier alpha value is -5.08. The van der Waals surface area contributed by atoms with E-state index in [9.17, 15) is 24.3 Å². The van der Waals surface area contributed by atoms with E-state index in [1.165, 1.54) is 30.0 Å². The predicted octanol–water partition coefficient (Wildman–Crippen LogP) is 5.28. The Morgan fingerprint density at radius 3 is 2.49 bits per heavy atom. The van der Waals surface area contributed by atoms with E-state index in [0.29, 0.717) is 65.7 Å². The van der Waals surface area contributed by atoms with Crippen LogP contribution in [0.3, 0.4) is 0 Å². The van der Waals surface area contributed by atoms with E-state index in [4.69, 9.17) is 16.3 Å². The quantitative estimate of drug-likeness (QED) is 0.0810. The molecule has 16 nitrogen and oxygen atoms in total. The van der Waals surface area contributed by atoms with Crippen molar-refractivity contribution >= 4 is 75.8 Å². The summed E-state index contributed by atoms with van der Waals surface area (Å²) in [5.74, 6) is -0.0364. The molecular formula is C45H56ClFN10O6S2. The van der Waals surface area contributed by atoms with Crippen LogP contribution < -0.4 is 26.0 Å². The standard InChI is InChI=1S/C45H56ClFN10O6S2/c1-27-36(64-26-51-27)29-9-7-28(8-10-29)23-49-39(59)34-22-31(58)25-57(34)41(61)37(53-42(62)45(47)13-14-45)44(2,3)65-20-6-15-55-16-18-56(19-17-55)40(60)30-11-12-33(35(21-30)63-5)52-43-50-24-32(46)38(48-4)54-43/h7-12,21,24,26,31,34,37,58H,6,13-20,22-23,25H2,1-5H3,(H,49,59)(H,53,62)(H2,48,50,52,54)/t31-,34+,37-/m1/s1. The molecule has 7 rings (SSSR count). The van der Waals surface area contributed by atoms with E-state index in [0.717, 1.165) is 34.7 Å². The Balaban J connectivity index is 0.910. The molecular weight excluding hydrogens is 895 g/mol. The first-order chi connectivity index (χ1) is 31.1. The number of thiazole rings is 1. The van der Waals surface area contributed by atoms with Gasteiger partial charge < -0.3 is 40.9 Å². The van der Waals surface area contributed by atoms with Crippen LogP contribution in [-0.2, 0) is 20.9 Å². The number of carbonyl (C=O) groups is 4. The number of methoxy groups -OCH3 is 1. The maximum atomic E-state index is 15.1. The molecule has 20 heteroatoms. The van der Waals surface area contributed by atoms with Crippen molar-refractivity contribution in [2.45, 2.75) is 81.6 Å². The normalized spacial score (nSPS) is 18.8. The molecule has 3 aliphatic rings. The molecule has 0 spiro atoms. The Morgan fingerprint density at radius 1 is 1.09 bits per heavy atom. The summed E-state index contributed by atoms with van der Waals surface area (Å²) in [5.41, 5.74) is 3.70. The molecule has 1 aliphatic carbocycles. The number of aliphatic hydroxyl groups excluding tert-OH is 1. The van der Waals surface area contributed by atoms with Crippen molar-refractivity contribution in [3.63, 3.8) is 0 Å². The van der Waals surface area contributed by atoms with Gasteiger partial charge >= 0.3 is 0 Å². The summed E-state index contributed by atoms with van der Waals surface area (Å²) in [6.45, 7) is 8.93. The highest BCUT2D eigenvalue weighted by Gasteiger charge is 2.54. The number of nitrogens with one attached hydrogen (secondary N) is 4. The molecule has 0 radical (unpaired) electrons. The van der Waals surface area contributed by atoms with Gasteiger partial charge in [0.1, 0.15) is 28.7 Å². The lowest BCUT2D eigenvalue weighted by Gasteiger charge is -2.38. The topological polar surface area (TPSA) is 194 Å². The number of halogens is 2. The molecule has 4 amide bonds. The van der Waals surface area contributed by atoms with Crippen LogP contribution in [0.4, 0.5) is 21.8 Å². The number of alkyl halides is 1. The number of benzene rings is 2. The number of hydrogen-bond acceptors (Lipinski definition) is 14. The number of likely N-dealkylation sites (tertiary alicyclic amines) is 1. The maximum Gasteiger partial charge on any atom is 0.258 e. The van der Waals surface area contributed by atoms with E-state index < -0.39 is 46.3 Å². The van der Waals surface area contributed by atoms with Crippen molar-refractivity contribution < 1.29 is 33.4 Å². The molecule has 0 bridgehead atoms. The van der Waals surface area contributed by atoms with Crippen molar-refractivity contribution in [1.82, 2.24) is 40.3 Å². The number of nitrogens with zero attached hydrogens (tertiary/aromatic N) is 6. The maximum absolute atomic E-state index is 15.1. The SMILES string of the molecule is CNc1nc(Nc2ccc(C(=O)N3CCN(CCCSC(C)(C)[C@H](NC(=O)C4(F)CC4)C(=O)N4C[C@H](O)C[C@H]4C(=O)NCc4ccc(-c5scnc5C)cc4)CC3)cc2OC)ncc1Cl. The Bertz CT molecular complexity index is 2360. The van der Waals surface area contributed by atoms with Crippen molar-refractivity contribution in [2.24, 2.45) is 0 Å². The van der Waals surface area contributed by atoms with Crippen LogP contribution >= 0.6 is 34.7 Å². The summed E-state index contributed by atoms with van der Waals surface area (Å²) in [6, 6.07) is 10.9. The largest absolute Gasteiger partial charge is 0.495 e. The summed E-state index contributed by atoms with van der Waals surface area (Å²) in [6.07, 6.45) is 1.51. The van der Waals surface area contributed by atoms with E-state index in [1.54, 1.807) is 42.1 Å². The average Bonchev–Trinajstić information content (AvgIpc) is 3.71. The van der Waals surface area contributed by atoms with Crippen molar-refractivity contribution in [1.29, 1.82) is 0 Å². The molecule has 65 heavy (non-hydrogen) atoms. The fourth-order valence-electron chi connectivity index (χ4n) is 7.98. The number of carbonyl (C=O) groups excluding carboxylic acids is 4. The molecule has 3 fully saturated rings. The second kappa shape index (κ2) is 20.6. The molecule has 4 aromatic rings. The molecule has 348 valence electrons. The van der Waals surface area contributed by atoms with Gasteiger partial charge in [-0.05, 0) is 81.7 Å². The molecule has 5 N–H and O–H groups in total. The van der Waals surface area contributed by atoms with Crippen LogP contribution in [0.15, 0.2) is 54.2 Å². The zero-order valence-electron chi connectivity index (χ0n) is 37.2. The number of ether oxygens (including phenoxy) is 1. The van der Waals surface area contributed by atoms with Crippen molar-refractivity contribution in [3.05, 3.63) is 76.0 Å². The lowest BCUT2D eigenvalue weighted by molar-refractivity contribution is -0.143. The molecule has 0 unspecified atom stereocenters. The van der Waals surface area contributed by atoms with Crippen LogP contribution in [0.2, 0.25) is 5.02 Å². The van der Waals surface area contributed by atoms with Gasteiger partial charge in [-0.15, -0.1) is 11.3 Å². The van der Waals surface area contributed by atoms with Gasteiger partial charge in [0, 0.05) is 63.0 Å². The third-order valence-corrected chi connectivity index (χ3v) is 14.8. The minimum absolute atomic E-state index is 0.0400. The summed E-state index contributed by atoms with van der Waals surface area (Å²) in [4.78, 5) is 74.2. The molecule has 2 aromatic carbocycles. The van der Waals surface area contributed by atoms with Gasteiger partial charge in [-0.3, -0.25) is 24.1 Å². The van der Waals surface area contributed by atoms with Crippen LogP contribution in [0, 0.1) is 6.92 Å². The second-order valence-electron chi connectivity index (χ2n) is 17.1. The number of hydrogen-bond donors (Lipinski definition) is 5. The van der Waals surface area contributed by atoms with E-state index in [-0.39, 0.29) is 38.3 Å². The number of aromatic nitrogens is 3. The highest BCUT2D eigenvalue weighted by Crippen LogP contribution is 2.41. The molecule has 2 saturated heterocycles. The number of thioether (sulfide) groups is 1. The number of anilines is 3. The number of amides is 4. The number of β-amino-alcohol motifs (C(OH)–C–C–N with tert-alkyl or cyclic N) is 1. The molecule has 3 atom stereocenters. The van der Waals surface area contributed by atoms with Gasteiger partial charge in [-0.25, -0.2) is 14.4 Å². The fourth-order valence-corrected chi connectivity index (χ4v) is 10.1. The zero-order valence-corrected chi connectivity index (χ0v) is 39.5. The van der Waals surface area contributed by atoms with Crippen molar-refractivity contribution in [2.75, 3.05) is 69.8 Å². The van der Waals surface area contributed by atoms with Gasteiger partial charge in [-0.2, -0.15) is 16.7 Å². The first-order valence-corrected chi connectivity index (χ1v) is 23.9. The average molecular weight is 952 g/mol. The highest BCUT2D eigenvalue weighted by molar-refractivity contribution is 8.00. The Labute approximate surface area is 391 Å². The van der Waals surface area contributed by atoms with Crippen LogP contribution in [0.25, 0.3) is 10.4 Å². The van der Waals surface area contributed by atoms with Crippen LogP contribution in [0.5, 0.6) is 5.75 Å². The smallest absolute Gasteiger partial charge is 0.258 e. The monoisotopic (exact) mass is 950 g/mol. The summed E-state index contributed by atoms with van der Waals surface area (Å²) < 4.78 is 19.8. The number of piperazine rings is 1. The van der Waals surface area contributed by atoms with Crippen LogP contribution in [-0.4, -0.2) is 146 Å². The summed E-state index contributed by atoms with van der Waals surface area (Å²) in [7, 11) is 3.24. The third-order valence-electron chi connectivity index (χ3n) is 12.0. The fraction of sp³-hybridized carbons (Fsp3) is 0.489. The number of rotatable bonds is 18. The van der Waals surface area contributed by atoms with Gasteiger partial charge in [0.25, 0.3) is 11.8 Å². The predicted molar refractivity (Wildman–Crippen MR) is 252 cm³/mol. The number of aryl methyl sites for hydroxylation is 1. The Kier molecular flexibility index (Phi) is 15.2. The highest BCUT2D eigenvalue weighted by atomic mass is 35.5. The second-order valence-corrected chi connectivity index (χ2v) is 20.1.